The molecular formula is C14H21ClN2. The van der Waals surface area contributed by atoms with E-state index in [-0.39, 0.29) is 0 Å². The van der Waals surface area contributed by atoms with Crippen LogP contribution in [0.3, 0.4) is 0 Å². The van der Waals surface area contributed by atoms with Gasteiger partial charge in [-0.2, -0.15) is 0 Å². The molecule has 0 atom stereocenters. The fraction of sp³-hybridized carbons (Fsp3) is 0.714. The summed E-state index contributed by atoms with van der Waals surface area (Å²) in [5.41, 5.74) is 2.04. The first-order valence-corrected chi connectivity index (χ1v) is 7.00. The van der Waals surface area contributed by atoms with E-state index < -0.39 is 0 Å². The third kappa shape index (κ3) is 2.79. The molecule has 1 aliphatic rings. The van der Waals surface area contributed by atoms with Gasteiger partial charge < -0.3 is 0 Å². The highest BCUT2D eigenvalue weighted by Gasteiger charge is 2.24. The average Bonchev–Trinajstić information content (AvgIpc) is 2.35. The van der Waals surface area contributed by atoms with Crippen LogP contribution in [0.15, 0.2) is 0 Å². The summed E-state index contributed by atoms with van der Waals surface area (Å²) < 4.78 is 0. The third-order valence-corrected chi connectivity index (χ3v) is 4.50. The summed E-state index contributed by atoms with van der Waals surface area (Å²) >= 11 is 6.14. The van der Waals surface area contributed by atoms with E-state index >= 15 is 0 Å². The van der Waals surface area contributed by atoms with Gasteiger partial charge in [0.05, 0.1) is 0 Å². The van der Waals surface area contributed by atoms with Crippen molar-refractivity contribution in [2.24, 2.45) is 5.92 Å². The second-order valence-electron chi connectivity index (χ2n) is 5.21. The lowest BCUT2D eigenvalue weighted by molar-refractivity contribution is 0.312. The lowest BCUT2D eigenvalue weighted by Crippen LogP contribution is -2.15. The number of aromatic nitrogens is 2. The summed E-state index contributed by atoms with van der Waals surface area (Å²) in [6.07, 6.45) is 6.38. The van der Waals surface area contributed by atoms with Crippen molar-refractivity contribution in [2.45, 2.75) is 58.8 Å². The van der Waals surface area contributed by atoms with Crippen LogP contribution in [-0.4, -0.2) is 9.97 Å². The summed E-state index contributed by atoms with van der Waals surface area (Å²) in [5, 5.41) is 0.630. The number of halogens is 1. The van der Waals surface area contributed by atoms with E-state index in [9.17, 15) is 0 Å². The first kappa shape index (κ1) is 12.8. The Morgan fingerprint density at radius 3 is 2.29 bits per heavy atom. The van der Waals surface area contributed by atoms with Gasteiger partial charge in [0.2, 0.25) is 0 Å². The maximum Gasteiger partial charge on any atom is 0.135 e. The van der Waals surface area contributed by atoms with Gasteiger partial charge in [0.15, 0.2) is 0 Å². The van der Waals surface area contributed by atoms with Crippen molar-refractivity contribution in [3.63, 3.8) is 0 Å². The van der Waals surface area contributed by atoms with Crippen LogP contribution in [0.4, 0.5) is 0 Å². The summed E-state index contributed by atoms with van der Waals surface area (Å²) in [6.45, 7) is 6.29. The molecular weight excluding hydrogens is 232 g/mol. The van der Waals surface area contributed by atoms with E-state index in [0.29, 0.717) is 11.1 Å². The van der Waals surface area contributed by atoms with Gasteiger partial charge in [0.1, 0.15) is 11.0 Å². The summed E-state index contributed by atoms with van der Waals surface area (Å²) in [7, 11) is 0. The molecule has 0 aromatic carbocycles. The molecule has 0 radical (unpaired) electrons. The molecule has 0 amide bonds. The van der Waals surface area contributed by atoms with Crippen molar-refractivity contribution >= 4 is 11.6 Å². The molecule has 0 aliphatic heterocycles. The smallest absolute Gasteiger partial charge is 0.135 e. The maximum atomic E-state index is 6.14. The van der Waals surface area contributed by atoms with Crippen molar-refractivity contribution in [2.75, 3.05) is 0 Å². The fourth-order valence-electron chi connectivity index (χ4n) is 2.63. The molecule has 17 heavy (non-hydrogen) atoms. The molecule has 0 N–H and O–H groups in total. The molecule has 0 saturated heterocycles. The minimum Gasteiger partial charge on any atom is -0.238 e. The normalized spacial score (nSPS) is 24.9. The molecule has 1 aromatic rings. The van der Waals surface area contributed by atoms with Gasteiger partial charge in [-0.25, -0.2) is 9.97 Å². The fourth-order valence-corrected chi connectivity index (χ4v) is 2.85. The van der Waals surface area contributed by atoms with Crippen LogP contribution >= 0.6 is 11.6 Å². The third-order valence-electron chi connectivity index (χ3n) is 4.14. The monoisotopic (exact) mass is 252 g/mol. The van der Waals surface area contributed by atoms with Crippen LogP contribution in [-0.2, 0) is 0 Å². The predicted octanol–water partition coefficient (Wildman–Crippen LogP) is 4.43. The molecule has 0 unspecified atom stereocenters. The Labute approximate surface area is 109 Å². The van der Waals surface area contributed by atoms with E-state index in [0.717, 1.165) is 23.0 Å². The van der Waals surface area contributed by atoms with Crippen LogP contribution in [0, 0.1) is 19.8 Å². The first-order chi connectivity index (χ1) is 8.11. The zero-order valence-electron chi connectivity index (χ0n) is 11.0. The van der Waals surface area contributed by atoms with Gasteiger partial charge in [0, 0.05) is 17.2 Å². The molecule has 2 rings (SSSR count). The Bertz CT molecular complexity index is 372. The Balaban J connectivity index is 2.13. The zero-order valence-corrected chi connectivity index (χ0v) is 11.7. The molecule has 1 aliphatic carbocycles. The highest BCUT2D eigenvalue weighted by atomic mass is 35.5. The molecule has 1 fully saturated rings. The van der Waals surface area contributed by atoms with Crippen LogP contribution in [0.5, 0.6) is 0 Å². The predicted molar refractivity (Wildman–Crippen MR) is 71.5 cm³/mol. The second-order valence-corrected chi connectivity index (χ2v) is 5.57. The number of hydrogen-bond acceptors (Lipinski definition) is 2. The van der Waals surface area contributed by atoms with E-state index in [4.69, 9.17) is 11.6 Å². The molecule has 2 nitrogen and oxygen atoms in total. The number of aryl methyl sites for hydroxylation is 1. The van der Waals surface area contributed by atoms with E-state index in [1.54, 1.807) is 0 Å². The Hall–Kier alpha value is -0.630. The van der Waals surface area contributed by atoms with Crippen molar-refractivity contribution in [1.29, 1.82) is 0 Å². The zero-order chi connectivity index (χ0) is 12.4. The van der Waals surface area contributed by atoms with Gasteiger partial charge in [-0.1, -0.05) is 24.9 Å². The molecule has 0 bridgehead atoms. The van der Waals surface area contributed by atoms with Crippen LogP contribution in [0.2, 0.25) is 5.15 Å². The second kappa shape index (κ2) is 5.34. The largest absolute Gasteiger partial charge is 0.238 e. The summed E-state index contributed by atoms with van der Waals surface area (Å²) in [4.78, 5) is 9.07. The van der Waals surface area contributed by atoms with Gasteiger partial charge >= 0.3 is 0 Å². The maximum absolute atomic E-state index is 6.14. The van der Waals surface area contributed by atoms with Crippen LogP contribution in [0.1, 0.15) is 62.0 Å². The van der Waals surface area contributed by atoms with E-state index in [2.05, 4.69) is 16.9 Å². The Morgan fingerprint density at radius 2 is 1.76 bits per heavy atom. The SMILES string of the molecule is CCC1CCC(c2nc(C)c(C)c(Cl)n2)CC1. The van der Waals surface area contributed by atoms with E-state index in [1.165, 1.54) is 32.1 Å². The molecule has 0 spiro atoms. The quantitative estimate of drug-likeness (QED) is 0.728. The van der Waals surface area contributed by atoms with Gasteiger partial charge in [0.25, 0.3) is 0 Å². The standard InChI is InChI=1S/C14H21ClN2/c1-4-11-5-7-12(8-6-11)14-16-10(3)9(2)13(15)17-14/h11-12H,4-8H2,1-3H3. The summed E-state index contributed by atoms with van der Waals surface area (Å²) in [5.74, 6) is 2.40. The number of rotatable bonds is 2. The first-order valence-electron chi connectivity index (χ1n) is 6.62. The van der Waals surface area contributed by atoms with Crippen LogP contribution < -0.4 is 0 Å². The molecule has 1 saturated carbocycles. The molecule has 3 heteroatoms. The molecule has 1 heterocycles. The van der Waals surface area contributed by atoms with Crippen LogP contribution in [0.25, 0.3) is 0 Å². The lowest BCUT2D eigenvalue weighted by atomic mass is 9.80. The Kier molecular flexibility index (Phi) is 4.03. The van der Waals surface area contributed by atoms with Crippen molar-refractivity contribution in [3.05, 3.63) is 22.2 Å². The van der Waals surface area contributed by atoms with E-state index in [1.807, 2.05) is 13.8 Å². The van der Waals surface area contributed by atoms with Gasteiger partial charge in [-0.3, -0.25) is 0 Å². The lowest BCUT2D eigenvalue weighted by Gasteiger charge is -2.27. The molecule has 94 valence electrons. The highest BCUT2D eigenvalue weighted by molar-refractivity contribution is 6.30. The minimum atomic E-state index is 0.523. The van der Waals surface area contributed by atoms with Crippen molar-refractivity contribution in [1.82, 2.24) is 9.97 Å². The molecule has 1 aromatic heterocycles. The average molecular weight is 253 g/mol. The van der Waals surface area contributed by atoms with Crippen molar-refractivity contribution < 1.29 is 0 Å². The number of nitrogens with zero attached hydrogens (tertiary/aromatic N) is 2. The van der Waals surface area contributed by atoms with Gasteiger partial charge in [-0.15, -0.1) is 0 Å². The Morgan fingerprint density at radius 1 is 1.12 bits per heavy atom. The van der Waals surface area contributed by atoms with Crippen molar-refractivity contribution in [3.8, 4) is 0 Å². The minimum absolute atomic E-state index is 0.523. The highest BCUT2D eigenvalue weighted by Crippen LogP contribution is 2.36. The van der Waals surface area contributed by atoms with Gasteiger partial charge in [-0.05, 0) is 45.4 Å². The number of hydrogen-bond donors (Lipinski definition) is 0. The topological polar surface area (TPSA) is 25.8 Å². The summed E-state index contributed by atoms with van der Waals surface area (Å²) in [6, 6.07) is 0.